The Morgan fingerprint density at radius 3 is 2.81 bits per heavy atom. The molecule has 0 unspecified atom stereocenters. The molecule has 1 heterocycles. The van der Waals surface area contributed by atoms with Crippen LogP contribution in [0.15, 0.2) is 17.3 Å². The summed E-state index contributed by atoms with van der Waals surface area (Å²) in [5.41, 5.74) is 0.675. The molecule has 16 heavy (non-hydrogen) atoms. The van der Waals surface area contributed by atoms with Gasteiger partial charge >= 0.3 is 5.97 Å². The van der Waals surface area contributed by atoms with Gasteiger partial charge in [-0.15, -0.1) is 11.3 Å². The molecular weight excluding hydrogens is 226 g/mol. The van der Waals surface area contributed by atoms with Crippen LogP contribution in [-0.4, -0.2) is 22.0 Å². The highest BCUT2D eigenvalue weighted by Crippen LogP contribution is 2.20. The molecule has 0 atom stereocenters. The third kappa shape index (κ3) is 3.66. The first-order valence-electron chi connectivity index (χ1n) is 5.19. The monoisotopic (exact) mass is 241 g/mol. The largest absolute Gasteiger partial charge is 0.481 e. The number of nitrogens with zero attached hydrogens (tertiary/aromatic N) is 1. The van der Waals surface area contributed by atoms with E-state index >= 15 is 0 Å². The summed E-state index contributed by atoms with van der Waals surface area (Å²) >= 11 is 1.56. The van der Waals surface area contributed by atoms with Crippen molar-refractivity contribution >= 4 is 23.0 Å². The predicted molar refractivity (Wildman–Crippen MR) is 63.5 cm³/mol. The van der Waals surface area contributed by atoms with Gasteiger partial charge in [-0.1, -0.05) is 12.1 Å². The summed E-state index contributed by atoms with van der Waals surface area (Å²) in [6.45, 7) is 1.93. The van der Waals surface area contributed by atoms with Gasteiger partial charge in [0.2, 0.25) is 0 Å². The molecular formula is C11H15NO3S. The standard InChI is InChI=1S/C11H15NO3S/c1-2-9(12-15)10-7-6-8(16-10)4-3-5-11(13)14/h6-7,15H,2-5H2,1H3,(H,13,14)/b12-9-. The van der Waals surface area contributed by atoms with Crippen LogP contribution in [0, 0.1) is 0 Å². The molecule has 4 nitrogen and oxygen atoms in total. The van der Waals surface area contributed by atoms with Crippen LogP contribution in [0.2, 0.25) is 0 Å². The highest BCUT2D eigenvalue weighted by molar-refractivity contribution is 7.14. The first-order chi connectivity index (χ1) is 7.67. The van der Waals surface area contributed by atoms with E-state index in [1.807, 2.05) is 19.1 Å². The molecule has 5 heteroatoms. The Morgan fingerprint density at radius 2 is 2.25 bits per heavy atom. The Balaban J connectivity index is 2.54. The number of oxime groups is 1. The highest BCUT2D eigenvalue weighted by Gasteiger charge is 2.06. The minimum atomic E-state index is -0.761. The lowest BCUT2D eigenvalue weighted by Crippen LogP contribution is -1.95. The van der Waals surface area contributed by atoms with Crippen molar-refractivity contribution in [3.8, 4) is 0 Å². The van der Waals surface area contributed by atoms with Gasteiger partial charge in [-0.05, 0) is 31.4 Å². The summed E-state index contributed by atoms with van der Waals surface area (Å²) in [4.78, 5) is 12.4. The van der Waals surface area contributed by atoms with Crippen LogP contribution >= 0.6 is 11.3 Å². The number of aliphatic carboxylic acids is 1. The summed E-state index contributed by atoms with van der Waals surface area (Å²) in [5.74, 6) is -0.761. The van der Waals surface area contributed by atoms with Crippen molar-refractivity contribution in [1.82, 2.24) is 0 Å². The second-order valence-corrected chi connectivity index (χ2v) is 4.58. The van der Waals surface area contributed by atoms with Crippen LogP contribution in [0.4, 0.5) is 0 Å². The first kappa shape index (κ1) is 12.7. The van der Waals surface area contributed by atoms with Crippen molar-refractivity contribution in [2.45, 2.75) is 32.6 Å². The lowest BCUT2D eigenvalue weighted by atomic mass is 10.2. The van der Waals surface area contributed by atoms with Crippen LogP contribution < -0.4 is 0 Å². The Morgan fingerprint density at radius 1 is 1.50 bits per heavy atom. The van der Waals surface area contributed by atoms with E-state index in [1.54, 1.807) is 11.3 Å². The normalized spacial score (nSPS) is 11.7. The number of thiophene rings is 1. The number of carbonyl (C=O) groups is 1. The molecule has 0 aliphatic rings. The highest BCUT2D eigenvalue weighted by atomic mass is 32.1. The van der Waals surface area contributed by atoms with Crippen molar-refractivity contribution < 1.29 is 15.1 Å². The van der Waals surface area contributed by atoms with Crippen LogP contribution in [0.25, 0.3) is 0 Å². The molecule has 0 aromatic carbocycles. The van der Waals surface area contributed by atoms with Crippen LogP contribution in [0.5, 0.6) is 0 Å². The molecule has 0 fully saturated rings. The van der Waals surface area contributed by atoms with E-state index in [-0.39, 0.29) is 6.42 Å². The molecule has 1 aromatic heterocycles. The van der Waals surface area contributed by atoms with E-state index in [1.165, 1.54) is 0 Å². The topological polar surface area (TPSA) is 69.9 Å². The van der Waals surface area contributed by atoms with Gasteiger partial charge < -0.3 is 10.3 Å². The zero-order chi connectivity index (χ0) is 12.0. The molecule has 0 radical (unpaired) electrons. The average Bonchev–Trinajstić information content (AvgIpc) is 2.68. The van der Waals surface area contributed by atoms with Crippen LogP contribution in [0.1, 0.15) is 35.9 Å². The van der Waals surface area contributed by atoms with Gasteiger partial charge in [0.05, 0.1) is 10.6 Å². The summed E-state index contributed by atoms with van der Waals surface area (Å²) in [5, 5.41) is 20.5. The Labute approximate surface area is 98.2 Å². The molecule has 0 aliphatic carbocycles. The molecule has 0 aliphatic heterocycles. The van der Waals surface area contributed by atoms with Gasteiger partial charge in [-0.3, -0.25) is 4.79 Å². The van der Waals surface area contributed by atoms with Gasteiger partial charge in [0.15, 0.2) is 0 Å². The molecule has 0 amide bonds. The molecule has 0 bridgehead atoms. The van der Waals surface area contributed by atoms with Gasteiger partial charge in [0, 0.05) is 11.3 Å². The van der Waals surface area contributed by atoms with E-state index in [4.69, 9.17) is 10.3 Å². The lowest BCUT2D eigenvalue weighted by Gasteiger charge is -1.96. The minimum absolute atomic E-state index is 0.196. The smallest absolute Gasteiger partial charge is 0.303 e. The zero-order valence-corrected chi connectivity index (χ0v) is 9.96. The number of aryl methyl sites for hydroxylation is 1. The number of hydrogen-bond acceptors (Lipinski definition) is 4. The Hall–Kier alpha value is -1.36. The minimum Gasteiger partial charge on any atom is -0.481 e. The average molecular weight is 241 g/mol. The molecule has 2 N–H and O–H groups in total. The molecule has 1 aromatic rings. The quantitative estimate of drug-likeness (QED) is 0.457. The van der Waals surface area contributed by atoms with E-state index in [2.05, 4.69) is 5.16 Å². The maximum Gasteiger partial charge on any atom is 0.303 e. The maximum absolute atomic E-state index is 10.3. The van der Waals surface area contributed by atoms with Gasteiger partial charge in [0.25, 0.3) is 0 Å². The summed E-state index contributed by atoms with van der Waals surface area (Å²) in [7, 11) is 0. The fourth-order valence-corrected chi connectivity index (χ4v) is 2.48. The van der Waals surface area contributed by atoms with Crippen molar-refractivity contribution in [2.24, 2.45) is 5.16 Å². The fourth-order valence-electron chi connectivity index (χ4n) is 1.38. The van der Waals surface area contributed by atoms with E-state index < -0.39 is 5.97 Å². The van der Waals surface area contributed by atoms with Crippen LogP contribution in [-0.2, 0) is 11.2 Å². The number of carboxylic acid groups (broad SMARTS) is 1. The number of carboxylic acids is 1. The van der Waals surface area contributed by atoms with Crippen molar-refractivity contribution in [2.75, 3.05) is 0 Å². The second kappa shape index (κ2) is 6.27. The van der Waals surface area contributed by atoms with Crippen molar-refractivity contribution in [1.29, 1.82) is 0 Å². The zero-order valence-electron chi connectivity index (χ0n) is 9.14. The first-order valence-corrected chi connectivity index (χ1v) is 6.00. The molecule has 0 saturated heterocycles. The van der Waals surface area contributed by atoms with Crippen molar-refractivity contribution in [3.63, 3.8) is 0 Å². The van der Waals surface area contributed by atoms with E-state index in [0.717, 1.165) is 16.2 Å². The predicted octanol–water partition coefficient (Wildman–Crippen LogP) is 2.74. The van der Waals surface area contributed by atoms with Gasteiger partial charge in [0.1, 0.15) is 0 Å². The molecule has 1 rings (SSSR count). The van der Waals surface area contributed by atoms with E-state index in [0.29, 0.717) is 18.6 Å². The summed E-state index contributed by atoms with van der Waals surface area (Å²) in [6.07, 6.45) is 2.29. The Kier molecular flexibility index (Phi) is 4.98. The van der Waals surface area contributed by atoms with Gasteiger partial charge in [-0.25, -0.2) is 0 Å². The second-order valence-electron chi connectivity index (χ2n) is 3.41. The fraction of sp³-hybridized carbons (Fsp3) is 0.455. The van der Waals surface area contributed by atoms with Gasteiger partial charge in [-0.2, -0.15) is 0 Å². The third-order valence-corrected chi connectivity index (χ3v) is 3.41. The molecule has 0 saturated carbocycles. The van der Waals surface area contributed by atoms with Crippen LogP contribution in [0.3, 0.4) is 0 Å². The third-order valence-electron chi connectivity index (χ3n) is 2.22. The lowest BCUT2D eigenvalue weighted by molar-refractivity contribution is -0.137. The maximum atomic E-state index is 10.3. The SMILES string of the molecule is CC/C(=N/O)c1ccc(CCCC(=O)O)s1. The summed E-state index contributed by atoms with van der Waals surface area (Å²) < 4.78 is 0. The molecule has 0 spiro atoms. The summed E-state index contributed by atoms with van der Waals surface area (Å²) in [6, 6.07) is 3.88. The van der Waals surface area contributed by atoms with Crippen molar-refractivity contribution in [3.05, 3.63) is 21.9 Å². The number of rotatable bonds is 6. The molecule has 88 valence electrons. The van der Waals surface area contributed by atoms with E-state index in [9.17, 15) is 4.79 Å². The number of hydrogen-bond donors (Lipinski definition) is 2. The Bertz CT molecular complexity index is 384.